The number of hydrogen-bond donors (Lipinski definition) is 0. The molecule has 2 rings (SSSR count). The maximum atomic E-state index is 6.35. The summed E-state index contributed by atoms with van der Waals surface area (Å²) >= 11 is 9.79. The summed E-state index contributed by atoms with van der Waals surface area (Å²) in [6.45, 7) is 3.00. The Bertz CT molecular complexity index is 568. The molecular weight excluding hydrogens is 322 g/mol. The molecule has 0 saturated carbocycles. The third-order valence-corrected chi connectivity index (χ3v) is 4.20. The van der Waals surface area contributed by atoms with E-state index in [1.165, 1.54) is 16.7 Å². The standard InChI is InChI=1S/C16H17BrClN/c1-12-5-3-4-6-14(12)11-19(2)16-8-7-13(10-17)9-15(16)18/h3-9H,10-11H2,1-2H3. The molecule has 2 aromatic rings. The van der Waals surface area contributed by atoms with E-state index >= 15 is 0 Å². The number of halogens is 2. The summed E-state index contributed by atoms with van der Waals surface area (Å²) in [6.07, 6.45) is 0. The molecule has 0 aliphatic rings. The van der Waals surface area contributed by atoms with E-state index < -0.39 is 0 Å². The molecule has 0 unspecified atom stereocenters. The van der Waals surface area contributed by atoms with Crippen LogP contribution in [0.15, 0.2) is 42.5 Å². The van der Waals surface area contributed by atoms with Gasteiger partial charge in [0.2, 0.25) is 0 Å². The molecule has 0 N–H and O–H groups in total. The van der Waals surface area contributed by atoms with Gasteiger partial charge in [0, 0.05) is 18.9 Å². The van der Waals surface area contributed by atoms with Crippen LogP contribution in [-0.4, -0.2) is 7.05 Å². The van der Waals surface area contributed by atoms with Gasteiger partial charge in [0.1, 0.15) is 0 Å². The van der Waals surface area contributed by atoms with Crippen LogP contribution in [-0.2, 0) is 11.9 Å². The Kier molecular flexibility index (Phi) is 4.89. The fourth-order valence-electron chi connectivity index (χ4n) is 2.07. The van der Waals surface area contributed by atoms with Gasteiger partial charge >= 0.3 is 0 Å². The molecule has 3 heteroatoms. The summed E-state index contributed by atoms with van der Waals surface area (Å²) in [5, 5.41) is 1.63. The Morgan fingerprint density at radius 2 is 1.89 bits per heavy atom. The first-order valence-electron chi connectivity index (χ1n) is 6.22. The minimum absolute atomic E-state index is 0.799. The molecule has 0 atom stereocenters. The smallest absolute Gasteiger partial charge is 0.0642 e. The molecule has 0 bridgehead atoms. The van der Waals surface area contributed by atoms with E-state index in [1.807, 2.05) is 6.07 Å². The van der Waals surface area contributed by atoms with E-state index in [1.54, 1.807) is 0 Å². The molecule has 0 saturated heterocycles. The van der Waals surface area contributed by atoms with Gasteiger partial charge in [0.15, 0.2) is 0 Å². The van der Waals surface area contributed by atoms with Crippen molar-refractivity contribution in [2.24, 2.45) is 0 Å². The molecule has 1 nitrogen and oxygen atoms in total. The molecule has 100 valence electrons. The number of anilines is 1. The fourth-order valence-corrected chi connectivity index (χ4v) is 2.77. The van der Waals surface area contributed by atoms with E-state index in [9.17, 15) is 0 Å². The van der Waals surface area contributed by atoms with Crippen LogP contribution in [0.2, 0.25) is 5.02 Å². The first-order chi connectivity index (χ1) is 9.11. The van der Waals surface area contributed by atoms with Gasteiger partial charge in [-0.25, -0.2) is 0 Å². The topological polar surface area (TPSA) is 3.24 Å². The second-order valence-corrected chi connectivity index (χ2v) is 5.67. The van der Waals surface area contributed by atoms with Gasteiger partial charge in [-0.2, -0.15) is 0 Å². The number of benzene rings is 2. The molecular formula is C16H17BrClN. The van der Waals surface area contributed by atoms with E-state index in [0.717, 1.165) is 22.6 Å². The Balaban J connectivity index is 2.21. The van der Waals surface area contributed by atoms with Crippen LogP contribution < -0.4 is 4.90 Å². The lowest BCUT2D eigenvalue weighted by Gasteiger charge is -2.22. The Labute approximate surface area is 128 Å². The van der Waals surface area contributed by atoms with Gasteiger partial charge in [-0.3, -0.25) is 0 Å². The zero-order chi connectivity index (χ0) is 13.8. The van der Waals surface area contributed by atoms with Crippen molar-refractivity contribution in [3.05, 3.63) is 64.2 Å². The molecule has 0 radical (unpaired) electrons. The number of alkyl halides is 1. The number of rotatable bonds is 4. The summed E-state index contributed by atoms with van der Waals surface area (Å²) in [5.74, 6) is 0. The fraction of sp³-hybridized carbons (Fsp3) is 0.250. The van der Waals surface area contributed by atoms with Gasteiger partial charge in [-0.15, -0.1) is 0 Å². The van der Waals surface area contributed by atoms with Gasteiger partial charge < -0.3 is 4.90 Å². The zero-order valence-electron chi connectivity index (χ0n) is 11.2. The van der Waals surface area contributed by atoms with Crippen molar-refractivity contribution in [2.45, 2.75) is 18.8 Å². The van der Waals surface area contributed by atoms with Crippen LogP contribution in [0, 0.1) is 6.92 Å². The molecule has 0 aliphatic carbocycles. The quantitative estimate of drug-likeness (QED) is 0.694. The number of nitrogens with zero attached hydrogens (tertiary/aromatic N) is 1. The normalized spacial score (nSPS) is 10.5. The van der Waals surface area contributed by atoms with E-state index in [2.05, 4.69) is 71.2 Å². The highest BCUT2D eigenvalue weighted by molar-refractivity contribution is 9.08. The summed E-state index contributed by atoms with van der Waals surface area (Å²) in [6, 6.07) is 14.6. The SMILES string of the molecule is Cc1ccccc1CN(C)c1ccc(CBr)cc1Cl. The largest absolute Gasteiger partial charge is 0.369 e. The van der Waals surface area contributed by atoms with E-state index in [-0.39, 0.29) is 0 Å². The van der Waals surface area contributed by atoms with Crippen LogP contribution >= 0.6 is 27.5 Å². The van der Waals surface area contributed by atoms with Crippen molar-refractivity contribution in [1.29, 1.82) is 0 Å². The van der Waals surface area contributed by atoms with Crippen LogP contribution in [0.25, 0.3) is 0 Å². The highest BCUT2D eigenvalue weighted by Crippen LogP contribution is 2.28. The molecule has 0 heterocycles. The van der Waals surface area contributed by atoms with Gasteiger partial charge in [-0.05, 0) is 35.7 Å². The van der Waals surface area contributed by atoms with Gasteiger partial charge in [0.05, 0.1) is 10.7 Å². The highest BCUT2D eigenvalue weighted by Gasteiger charge is 2.08. The summed E-state index contributed by atoms with van der Waals surface area (Å²) in [4.78, 5) is 2.18. The first-order valence-corrected chi connectivity index (χ1v) is 7.72. The summed E-state index contributed by atoms with van der Waals surface area (Å²) in [5.41, 5.74) is 4.89. The second-order valence-electron chi connectivity index (χ2n) is 4.70. The lowest BCUT2D eigenvalue weighted by molar-refractivity contribution is 0.914. The minimum Gasteiger partial charge on any atom is -0.369 e. The molecule has 19 heavy (non-hydrogen) atoms. The molecule has 0 spiro atoms. The van der Waals surface area contributed by atoms with E-state index in [4.69, 9.17) is 11.6 Å². The van der Waals surface area contributed by atoms with Crippen molar-refractivity contribution >= 4 is 33.2 Å². The first kappa shape index (κ1) is 14.4. The average Bonchev–Trinajstić information content (AvgIpc) is 2.41. The third-order valence-electron chi connectivity index (χ3n) is 3.25. The van der Waals surface area contributed by atoms with Crippen molar-refractivity contribution in [2.75, 3.05) is 11.9 Å². The predicted octanol–water partition coefficient (Wildman–Crippen LogP) is 5.18. The predicted molar refractivity (Wildman–Crippen MR) is 87.4 cm³/mol. The molecule has 2 aromatic carbocycles. The molecule has 0 aliphatic heterocycles. The van der Waals surface area contributed by atoms with Gasteiger partial charge in [-0.1, -0.05) is 57.9 Å². The van der Waals surface area contributed by atoms with Crippen LogP contribution in [0.3, 0.4) is 0 Å². The Morgan fingerprint density at radius 1 is 1.16 bits per heavy atom. The maximum absolute atomic E-state index is 6.35. The lowest BCUT2D eigenvalue weighted by atomic mass is 10.1. The van der Waals surface area contributed by atoms with Crippen molar-refractivity contribution in [1.82, 2.24) is 0 Å². The number of aryl methyl sites for hydroxylation is 1. The summed E-state index contributed by atoms with van der Waals surface area (Å²) < 4.78 is 0. The third kappa shape index (κ3) is 3.52. The molecule has 0 amide bonds. The summed E-state index contributed by atoms with van der Waals surface area (Å²) in [7, 11) is 2.07. The monoisotopic (exact) mass is 337 g/mol. The van der Waals surface area contributed by atoms with Crippen molar-refractivity contribution in [3.8, 4) is 0 Å². The molecule has 0 fully saturated rings. The van der Waals surface area contributed by atoms with E-state index in [0.29, 0.717) is 0 Å². The second kappa shape index (κ2) is 6.44. The highest BCUT2D eigenvalue weighted by atomic mass is 79.9. The van der Waals surface area contributed by atoms with Crippen molar-refractivity contribution < 1.29 is 0 Å². The zero-order valence-corrected chi connectivity index (χ0v) is 13.5. The Hall–Kier alpha value is -0.990. The molecule has 0 aromatic heterocycles. The average molecular weight is 339 g/mol. The maximum Gasteiger partial charge on any atom is 0.0642 e. The number of hydrogen-bond acceptors (Lipinski definition) is 1. The van der Waals surface area contributed by atoms with Crippen LogP contribution in [0.4, 0.5) is 5.69 Å². The van der Waals surface area contributed by atoms with Crippen molar-refractivity contribution in [3.63, 3.8) is 0 Å². The Morgan fingerprint density at radius 3 is 2.53 bits per heavy atom. The lowest BCUT2D eigenvalue weighted by Crippen LogP contribution is -2.17. The minimum atomic E-state index is 0.799. The van der Waals surface area contributed by atoms with Crippen LogP contribution in [0.5, 0.6) is 0 Å². The van der Waals surface area contributed by atoms with Gasteiger partial charge in [0.25, 0.3) is 0 Å². The van der Waals surface area contributed by atoms with Crippen LogP contribution in [0.1, 0.15) is 16.7 Å².